The van der Waals surface area contributed by atoms with Crippen molar-refractivity contribution in [2.24, 2.45) is 0 Å². The number of likely N-dealkylation sites (tertiary alicyclic amines) is 1. The number of halogens is 1. The number of rotatable bonds is 5. The summed E-state index contributed by atoms with van der Waals surface area (Å²) < 4.78 is 24.2. The number of carbonyl (C=O) groups excluding carboxylic acids is 1. The van der Waals surface area contributed by atoms with Gasteiger partial charge in [0, 0.05) is 30.2 Å². The Morgan fingerprint density at radius 3 is 2.53 bits per heavy atom. The predicted molar refractivity (Wildman–Crippen MR) is 123 cm³/mol. The van der Waals surface area contributed by atoms with E-state index in [0.29, 0.717) is 11.7 Å². The van der Waals surface area contributed by atoms with Crippen molar-refractivity contribution in [1.29, 1.82) is 0 Å². The fourth-order valence-electron chi connectivity index (χ4n) is 5.45. The van der Waals surface area contributed by atoms with Crippen LogP contribution >= 0.6 is 0 Å². The monoisotopic (exact) mass is 441 g/mol. The number of nitrogens with one attached hydrogen (secondary N) is 1. The van der Waals surface area contributed by atoms with Crippen LogP contribution in [0.3, 0.4) is 0 Å². The topological polar surface area (TPSA) is 54.0 Å². The molecule has 0 aromatic heterocycles. The standard InChI is InChI=1S/C25H32FN3O3/c1-28-14-13-25(17-5-10-21(31-3)22(15-17)32-4)12-11-19(16-23(25)28)27-24(30)29(2)20-8-6-18(26)7-9-20/h5-10,15,19,23H,11-14,16H2,1-4H3,(H,27,30)/t19-,23+,25-/m0/s1. The number of amides is 2. The number of urea groups is 1. The minimum absolute atomic E-state index is 0.0401. The summed E-state index contributed by atoms with van der Waals surface area (Å²) in [6, 6.07) is 12.5. The molecule has 6 nitrogen and oxygen atoms in total. The zero-order valence-corrected chi connectivity index (χ0v) is 19.2. The fourth-order valence-corrected chi connectivity index (χ4v) is 5.45. The molecule has 172 valence electrons. The third kappa shape index (κ3) is 4.01. The van der Waals surface area contributed by atoms with Gasteiger partial charge >= 0.3 is 6.03 Å². The highest BCUT2D eigenvalue weighted by Crippen LogP contribution is 2.49. The van der Waals surface area contributed by atoms with E-state index in [-0.39, 0.29) is 23.3 Å². The lowest BCUT2D eigenvalue weighted by atomic mass is 9.65. The largest absolute Gasteiger partial charge is 0.493 e. The number of likely N-dealkylation sites (N-methyl/N-ethyl adjacent to an activating group) is 1. The van der Waals surface area contributed by atoms with Gasteiger partial charge in [-0.15, -0.1) is 0 Å². The molecule has 0 radical (unpaired) electrons. The summed E-state index contributed by atoms with van der Waals surface area (Å²) in [5.74, 6) is 1.18. The Kier molecular flexibility index (Phi) is 6.29. The van der Waals surface area contributed by atoms with E-state index in [1.54, 1.807) is 33.4 Å². The summed E-state index contributed by atoms with van der Waals surface area (Å²) in [6.07, 6.45) is 3.86. The van der Waals surface area contributed by atoms with Gasteiger partial charge in [0.2, 0.25) is 0 Å². The second kappa shape index (κ2) is 8.98. The fraction of sp³-hybridized carbons (Fsp3) is 0.480. The van der Waals surface area contributed by atoms with E-state index in [9.17, 15) is 9.18 Å². The quantitative estimate of drug-likeness (QED) is 0.756. The molecule has 1 aliphatic carbocycles. The van der Waals surface area contributed by atoms with Crippen molar-refractivity contribution in [2.75, 3.05) is 39.8 Å². The lowest BCUT2D eigenvalue weighted by molar-refractivity contribution is 0.155. The molecule has 2 amide bonds. The summed E-state index contributed by atoms with van der Waals surface area (Å²) >= 11 is 0. The van der Waals surface area contributed by atoms with Crippen LogP contribution in [-0.4, -0.2) is 57.9 Å². The van der Waals surface area contributed by atoms with Gasteiger partial charge in [0.15, 0.2) is 11.5 Å². The van der Waals surface area contributed by atoms with Crippen molar-refractivity contribution in [1.82, 2.24) is 10.2 Å². The van der Waals surface area contributed by atoms with Crippen LogP contribution < -0.4 is 19.7 Å². The summed E-state index contributed by atoms with van der Waals surface area (Å²) in [7, 11) is 7.20. The van der Waals surface area contributed by atoms with Crippen LogP contribution in [0.5, 0.6) is 11.5 Å². The van der Waals surface area contributed by atoms with Crippen molar-refractivity contribution in [3.8, 4) is 11.5 Å². The average Bonchev–Trinajstić information content (AvgIpc) is 3.15. The first-order valence-corrected chi connectivity index (χ1v) is 11.1. The molecule has 4 rings (SSSR count). The van der Waals surface area contributed by atoms with E-state index in [4.69, 9.17) is 9.47 Å². The molecule has 3 atom stereocenters. The van der Waals surface area contributed by atoms with Crippen molar-refractivity contribution in [3.63, 3.8) is 0 Å². The van der Waals surface area contributed by atoms with Gasteiger partial charge in [-0.1, -0.05) is 6.07 Å². The minimum atomic E-state index is -0.314. The van der Waals surface area contributed by atoms with Crippen LogP contribution in [0.15, 0.2) is 42.5 Å². The smallest absolute Gasteiger partial charge is 0.321 e. The van der Waals surface area contributed by atoms with Crippen molar-refractivity contribution in [2.45, 2.75) is 43.2 Å². The maximum Gasteiger partial charge on any atom is 0.321 e. The number of nitrogens with zero attached hydrogens (tertiary/aromatic N) is 2. The van der Waals surface area contributed by atoms with Crippen LogP contribution in [0, 0.1) is 5.82 Å². The van der Waals surface area contributed by atoms with E-state index in [1.165, 1.54) is 22.6 Å². The maximum atomic E-state index is 13.2. The highest BCUT2D eigenvalue weighted by molar-refractivity contribution is 5.91. The first kappa shape index (κ1) is 22.4. The molecule has 0 unspecified atom stereocenters. The van der Waals surface area contributed by atoms with E-state index in [2.05, 4.69) is 29.4 Å². The molecule has 7 heteroatoms. The van der Waals surface area contributed by atoms with Gasteiger partial charge in [0.25, 0.3) is 0 Å². The van der Waals surface area contributed by atoms with Crippen molar-refractivity contribution in [3.05, 3.63) is 53.8 Å². The molecular formula is C25H32FN3O3. The average molecular weight is 442 g/mol. The molecule has 2 aliphatic rings. The first-order chi connectivity index (χ1) is 15.4. The second-order valence-corrected chi connectivity index (χ2v) is 8.93. The number of anilines is 1. The molecule has 1 saturated heterocycles. The zero-order valence-electron chi connectivity index (χ0n) is 19.2. The van der Waals surface area contributed by atoms with Crippen LogP contribution in [0.25, 0.3) is 0 Å². The lowest BCUT2D eigenvalue weighted by Gasteiger charge is -2.45. The molecule has 2 aromatic carbocycles. The van der Waals surface area contributed by atoms with Crippen LogP contribution in [-0.2, 0) is 5.41 Å². The molecule has 0 bridgehead atoms. The van der Waals surface area contributed by atoms with Gasteiger partial charge in [0.1, 0.15) is 5.82 Å². The Bertz CT molecular complexity index is 967. The highest BCUT2D eigenvalue weighted by atomic mass is 19.1. The van der Waals surface area contributed by atoms with Crippen LogP contribution in [0.4, 0.5) is 14.9 Å². The third-order valence-electron chi connectivity index (χ3n) is 7.33. The lowest BCUT2D eigenvalue weighted by Crippen LogP contribution is -2.53. The number of methoxy groups -OCH3 is 2. The molecule has 1 aliphatic heterocycles. The summed E-state index contributed by atoms with van der Waals surface area (Å²) in [4.78, 5) is 16.8. The number of hydrogen-bond donors (Lipinski definition) is 1. The molecule has 0 spiro atoms. The van der Waals surface area contributed by atoms with Gasteiger partial charge in [-0.05, 0) is 81.2 Å². The number of carbonyl (C=O) groups is 1. The van der Waals surface area contributed by atoms with Crippen LogP contribution in [0.2, 0.25) is 0 Å². The summed E-state index contributed by atoms with van der Waals surface area (Å²) in [6.45, 7) is 1.02. The van der Waals surface area contributed by atoms with Gasteiger partial charge in [0.05, 0.1) is 14.2 Å². The Morgan fingerprint density at radius 2 is 1.84 bits per heavy atom. The van der Waals surface area contributed by atoms with E-state index >= 15 is 0 Å². The first-order valence-electron chi connectivity index (χ1n) is 11.1. The Morgan fingerprint density at radius 1 is 1.12 bits per heavy atom. The normalized spacial score (nSPS) is 25.2. The van der Waals surface area contributed by atoms with Gasteiger partial charge in [-0.25, -0.2) is 9.18 Å². The highest BCUT2D eigenvalue weighted by Gasteiger charge is 2.50. The van der Waals surface area contributed by atoms with Gasteiger partial charge in [-0.3, -0.25) is 4.90 Å². The van der Waals surface area contributed by atoms with E-state index < -0.39 is 0 Å². The van der Waals surface area contributed by atoms with Crippen LogP contribution in [0.1, 0.15) is 31.2 Å². The summed E-state index contributed by atoms with van der Waals surface area (Å²) in [5, 5.41) is 3.20. The molecule has 2 fully saturated rings. The Hall–Kier alpha value is -2.80. The van der Waals surface area contributed by atoms with E-state index in [1.807, 2.05) is 6.07 Å². The molecule has 32 heavy (non-hydrogen) atoms. The number of benzene rings is 2. The zero-order chi connectivity index (χ0) is 22.9. The molecular weight excluding hydrogens is 409 g/mol. The number of ether oxygens (including phenoxy) is 2. The molecule has 1 heterocycles. The minimum Gasteiger partial charge on any atom is -0.493 e. The number of hydrogen-bond acceptors (Lipinski definition) is 4. The Balaban J connectivity index is 1.50. The van der Waals surface area contributed by atoms with E-state index in [0.717, 1.165) is 43.7 Å². The maximum absolute atomic E-state index is 13.2. The van der Waals surface area contributed by atoms with Crippen molar-refractivity contribution >= 4 is 11.7 Å². The summed E-state index contributed by atoms with van der Waals surface area (Å²) in [5.41, 5.74) is 1.98. The Labute approximate surface area is 189 Å². The molecule has 1 saturated carbocycles. The molecule has 1 N–H and O–H groups in total. The molecule has 2 aromatic rings. The third-order valence-corrected chi connectivity index (χ3v) is 7.33. The van der Waals surface area contributed by atoms with Crippen molar-refractivity contribution < 1.29 is 18.7 Å². The van der Waals surface area contributed by atoms with Gasteiger partial charge < -0.3 is 19.7 Å². The number of fused-ring (bicyclic) bond motifs is 1. The van der Waals surface area contributed by atoms with Gasteiger partial charge in [-0.2, -0.15) is 0 Å². The SMILES string of the molecule is COc1ccc([C@@]23CC[C@H](NC(=O)N(C)c4ccc(F)cc4)C[C@H]2N(C)CC3)cc1OC. The predicted octanol–water partition coefficient (Wildman–Crippen LogP) is 4.18. The second-order valence-electron chi connectivity index (χ2n) is 8.93.